The normalized spacial score (nSPS) is 25.4. The van der Waals surface area contributed by atoms with Crippen molar-refractivity contribution in [2.45, 2.75) is 110 Å². The van der Waals surface area contributed by atoms with E-state index in [9.17, 15) is 4.79 Å². The molecule has 0 spiro atoms. The molecule has 7 heteroatoms. The molecule has 2 heterocycles. The van der Waals surface area contributed by atoms with Crippen molar-refractivity contribution >= 4 is 12.1 Å². The lowest BCUT2D eigenvalue weighted by atomic mass is 9.98. The molecule has 3 atom stereocenters. The average molecular weight is 425 g/mol. The van der Waals surface area contributed by atoms with E-state index in [1.165, 1.54) is 0 Å². The number of nitrogens with one attached hydrogen (secondary N) is 2. The molecule has 3 unspecified atom stereocenters. The molecule has 0 aromatic carbocycles. The van der Waals surface area contributed by atoms with Gasteiger partial charge in [0.2, 0.25) is 0 Å². The van der Waals surface area contributed by atoms with Crippen LogP contribution >= 0.6 is 0 Å². The van der Waals surface area contributed by atoms with Gasteiger partial charge in [-0.3, -0.25) is 4.99 Å². The zero-order valence-corrected chi connectivity index (χ0v) is 20.2. The third kappa shape index (κ3) is 7.33. The molecule has 0 aromatic heterocycles. The monoisotopic (exact) mass is 424 g/mol. The van der Waals surface area contributed by atoms with Gasteiger partial charge in [0.25, 0.3) is 0 Å². The third-order valence-electron chi connectivity index (χ3n) is 5.83. The van der Waals surface area contributed by atoms with Gasteiger partial charge in [-0.25, -0.2) is 4.79 Å². The number of piperidine rings is 1. The summed E-state index contributed by atoms with van der Waals surface area (Å²) in [6.07, 6.45) is 4.99. The van der Waals surface area contributed by atoms with E-state index < -0.39 is 5.60 Å². The number of rotatable bonds is 8. The van der Waals surface area contributed by atoms with Crippen LogP contribution in [0.3, 0.4) is 0 Å². The highest BCUT2D eigenvalue weighted by atomic mass is 16.6. The molecule has 0 radical (unpaired) electrons. The second kappa shape index (κ2) is 11.2. The summed E-state index contributed by atoms with van der Waals surface area (Å²) in [6, 6.07) is 0.830. The Morgan fingerprint density at radius 3 is 2.30 bits per heavy atom. The van der Waals surface area contributed by atoms with Crippen LogP contribution in [0.25, 0.3) is 0 Å². The minimum atomic E-state index is -0.453. The summed E-state index contributed by atoms with van der Waals surface area (Å²) >= 11 is 0. The molecule has 2 saturated heterocycles. The van der Waals surface area contributed by atoms with E-state index in [0.717, 1.165) is 57.8 Å². The van der Waals surface area contributed by atoms with E-state index in [1.54, 1.807) is 0 Å². The van der Waals surface area contributed by atoms with Gasteiger partial charge >= 0.3 is 6.09 Å². The summed E-state index contributed by atoms with van der Waals surface area (Å²) in [7, 11) is 0. The lowest BCUT2D eigenvalue weighted by molar-refractivity contribution is 0.00545. The number of nitrogens with zero attached hydrogens (tertiary/aromatic N) is 2. The van der Waals surface area contributed by atoms with Crippen molar-refractivity contribution in [2.24, 2.45) is 10.9 Å². The maximum Gasteiger partial charge on any atom is 0.410 e. The van der Waals surface area contributed by atoms with Crippen molar-refractivity contribution in [2.75, 3.05) is 19.7 Å². The van der Waals surface area contributed by atoms with Gasteiger partial charge in [0.1, 0.15) is 5.60 Å². The number of ether oxygens (including phenoxy) is 2. The number of aliphatic imine (C=N–C) groups is 1. The van der Waals surface area contributed by atoms with Crippen LogP contribution in [0.15, 0.2) is 4.99 Å². The van der Waals surface area contributed by atoms with Gasteiger partial charge in [0.15, 0.2) is 5.96 Å². The fourth-order valence-corrected chi connectivity index (χ4v) is 4.55. The van der Waals surface area contributed by atoms with Gasteiger partial charge in [-0.15, -0.1) is 0 Å². The lowest BCUT2D eigenvalue weighted by Crippen LogP contribution is -2.55. The minimum absolute atomic E-state index is 0.162. The Labute approximate surface area is 183 Å². The molecule has 0 aromatic rings. The minimum Gasteiger partial charge on any atom is -0.444 e. The second-order valence-corrected chi connectivity index (χ2v) is 9.87. The van der Waals surface area contributed by atoms with Crippen LogP contribution in [-0.2, 0) is 9.47 Å². The first kappa shape index (κ1) is 24.8. The van der Waals surface area contributed by atoms with Gasteiger partial charge < -0.3 is 25.0 Å². The molecule has 0 saturated carbocycles. The van der Waals surface area contributed by atoms with E-state index in [4.69, 9.17) is 14.5 Å². The van der Waals surface area contributed by atoms with E-state index >= 15 is 0 Å². The maximum absolute atomic E-state index is 12.7. The maximum atomic E-state index is 12.7. The van der Waals surface area contributed by atoms with Crippen molar-refractivity contribution in [1.29, 1.82) is 0 Å². The first-order valence-corrected chi connectivity index (χ1v) is 11.8. The summed E-state index contributed by atoms with van der Waals surface area (Å²) in [6.45, 7) is 16.6. The highest BCUT2D eigenvalue weighted by Crippen LogP contribution is 2.36. The average Bonchev–Trinajstić information content (AvgIpc) is 2.91. The first-order valence-electron chi connectivity index (χ1n) is 11.8. The van der Waals surface area contributed by atoms with Gasteiger partial charge in [-0.05, 0) is 72.6 Å². The van der Waals surface area contributed by atoms with E-state index in [1.807, 2.05) is 32.6 Å². The van der Waals surface area contributed by atoms with Crippen molar-refractivity contribution in [3.63, 3.8) is 0 Å². The predicted octanol–water partition coefficient (Wildman–Crippen LogP) is 3.92. The topological polar surface area (TPSA) is 75.2 Å². The largest absolute Gasteiger partial charge is 0.444 e. The summed E-state index contributed by atoms with van der Waals surface area (Å²) in [5, 5.41) is 6.99. The van der Waals surface area contributed by atoms with Crippen molar-refractivity contribution < 1.29 is 14.3 Å². The fraction of sp³-hybridized carbons (Fsp3) is 0.913. The number of hydrogen-bond acceptors (Lipinski definition) is 4. The number of carbonyl (C=O) groups excluding carboxylic acids is 1. The Morgan fingerprint density at radius 1 is 1.17 bits per heavy atom. The number of carbonyl (C=O) groups is 1. The molecule has 7 nitrogen and oxygen atoms in total. The molecule has 2 aliphatic rings. The number of guanidine groups is 1. The van der Waals surface area contributed by atoms with Crippen LogP contribution in [0.5, 0.6) is 0 Å². The van der Waals surface area contributed by atoms with Crippen LogP contribution in [0, 0.1) is 5.92 Å². The quantitative estimate of drug-likeness (QED) is 0.456. The predicted molar refractivity (Wildman–Crippen MR) is 122 cm³/mol. The highest BCUT2D eigenvalue weighted by molar-refractivity contribution is 5.80. The van der Waals surface area contributed by atoms with E-state index in [2.05, 4.69) is 31.4 Å². The fourth-order valence-electron chi connectivity index (χ4n) is 4.55. The van der Waals surface area contributed by atoms with E-state index in [0.29, 0.717) is 12.0 Å². The van der Waals surface area contributed by atoms with Gasteiger partial charge in [0, 0.05) is 37.8 Å². The van der Waals surface area contributed by atoms with Crippen LogP contribution in [0.4, 0.5) is 4.79 Å². The van der Waals surface area contributed by atoms with Gasteiger partial charge in [0.05, 0.1) is 6.10 Å². The Balaban J connectivity index is 1.92. The molecule has 2 N–H and O–H groups in total. The molecule has 2 rings (SSSR count). The van der Waals surface area contributed by atoms with Gasteiger partial charge in [-0.1, -0.05) is 13.8 Å². The van der Waals surface area contributed by atoms with Crippen LogP contribution < -0.4 is 10.6 Å². The molecule has 0 aliphatic carbocycles. The molecule has 174 valence electrons. The Hall–Kier alpha value is -1.50. The molecule has 2 aliphatic heterocycles. The summed E-state index contributed by atoms with van der Waals surface area (Å²) in [4.78, 5) is 19.4. The van der Waals surface area contributed by atoms with Crippen LogP contribution in [-0.4, -0.2) is 66.5 Å². The third-order valence-corrected chi connectivity index (χ3v) is 5.83. The van der Waals surface area contributed by atoms with Crippen molar-refractivity contribution in [1.82, 2.24) is 15.5 Å². The summed E-state index contributed by atoms with van der Waals surface area (Å²) in [5.41, 5.74) is -0.453. The van der Waals surface area contributed by atoms with Gasteiger partial charge in [-0.2, -0.15) is 0 Å². The Morgan fingerprint density at radius 2 is 1.80 bits per heavy atom. The zero-order chi connectivity index (χ0) is 22.3. The molecular weight excluding hydrogens is 380 g/mol. The summed E-state index contributed by atoms with van der Waals surface area (Å²) in [5.74, 6) is 1.36. The lowest BCUT2D eigenvalue weighted by Gasteiger charge is -2.40. The van der Waals surface area contributed by atoms with E-state index in [-0.39, 0.29) is 24.3 Å². The first-order chi connectivity index (χ1) is 14.1. The van der Waals surface area contributed by atoms with Crippen LogP contribution in [0.2, 0.25) is 0 Å². The zero-order valence-electron chi connectivity index (χ0n) is 20.2. The molecule has 30 heavy (non-hydrogen) atoms. The number of amides is 1. The molecular formula is C23H44N4O3. The smallest absolute Gasteiger partial charge is 0.410 e. The Kier molecular flexibility index (Phi) is 9.26. The molecule has 2 bridgehead atoms. The number of fused-ring (bicyclic) bond motifs is 2. The Bertz CT molecular complexity index is 559. The second-order valence-electron chi connectivity index (χ2n) is 9.87. The highest BCUT2D eigenvalue weighted by Gasteiger charge is 2.45. The standard InChI is InChI=1S/C23H44N4O3/c1-8-24-21(25-13-12-20(16(3)4)29-9-2)26-17-14-18-10-11-19(15-17)27(18)22(28)30-23(5,6)7/h16-20H,8-15H2,1-7H3,(H2,24,25,26). The molecule has 2 fully saturated rings. The molecule has 1 amide bonds. The summed E-state index contributed by atoms with van der Waals surface area (Å²) < 4.78 is 11.5. The van der Waals surface area contributed by atoms with Crippen molar-refractivity contribution in [3.05, 3.63) is 0 Å². The van der Waals surface area contributed by atoms with Crippen molar-refractivity contribution in [3.8, 4) is 0 Å². The number of hydrogen-bond donors (Lipinski definition) is 2. The SMILES string of the molecule is CCNC(=NCCC(OCC)C(C)C)NC1CC2CCC(C1)N2C(=O)OC(C)(C)C. The van der Waals surface area contributed by atoms with Crippen LogP contribution in [0.1, 0.15) is 80.6 Å².